The Labute approximate surface area is 120 Å². The van der Waals surface area contributed by atoms with E-state index in [9.17, 15) is 8.42 Å². The summed E-state index contributed by atoms with van der Waals surface area (Å²) in [5.74, 6) is 0.396. The van der Waals surface area contributed by atoms with Gasteiger partial charge in [-0.05, 0) is 24.1 Å². The van der Waals surface area contributed by atoms with E-state index in [1.54, 1.807) is 18.2 Å². The first-order chi connectivity index (χ1) is 9.62. The second kappa shape index (κ2) is 7.17. The van der Waals surface area contributed by atoms with Crippen LogP contribution in [-0.4, -0.2) is 40.6 Å². The minimum absolute atomic E-state index is 0.00536. The molecule has 0 amide bonds. The molecule has 6 heteroatoms. The molecule has 1 heterocycles. The van der Waals surface area contributed by atoms with Crippen LogP contribution in [0.25, 0.3) is 0 Å². The van der Waals surface area contributed by atoms with Gasteiger partial charge in [-0.15, -0.1) is 0 Å². The minimum Gasteiger partial charge on any atom is -0.381 e. The largest absolute Gasteiger partial charge is 0.381 e. The number of benzene rings is 1. The van der Waals surface area contributed by atoms with E-state index < -0.39 is 9.84 Å². The van der Waals surface area contributed by atoms with E-state index in [0.717, 1.165) is 18.6 Å². The van der Waals surface area contributed by atoms with Gasteiger partial charge in [0.05, 0.1) is 30.5 Å². The molecule has 1 aliphatic rings. The van der Waals surface area contributed by atoms with Gasteiger partial charge in [0, 0.05) is 19.1 Å². The van der Waals surface area contributed by atoms with Crippen LogP contribution >= 0.6 is 0 Å². The van der Waals surface area contributed by atoms with E-state index in [1.165, 1.54) is 0 Å². The number of hydrogen-bond acceptors (Lipinski definition) is 5. The molecule has 1 atom stereocenters. The molecule has 5 nitrogen and oxygen atoms in total. The summed E-state index contributed by atoms with van der Waals surface area (Å²) in [4.78, 5) is 0.313. The molecule has 1 aromatic rings. The van der Waals surface area contributed by atoms with E-state index in [1.807, 2.05) is 6.07 Å². The molecule has 1 fully saturated rings. The summed E-state index contributed by atoms with van der Waals surface area (Å²) in [7, 11) is -3.30. The number of nitrogens with two attached hydrogens (primary N) is 1. The fourth-order valence-electron chi connectivity index (χ4n) is 2.12. The van der Waals surface area contributed by atoms with Crippen LogP contribution in [0.3, 0.4) is 0 Å². The normalized spacial score (nSPS) is 19.4. The van der Waals surface area contributed by atoms with E-state index in [0.29, 0.717) is 30.6 Å². The lowest BCUT2D eigenvalue weighted by Gasteiger charge is -2.09. The average molecular weight is 299 g/mol. The van der Waals surface area contributed by atoms with Crippen LogP contribution in [0.5, 0.6) is 0 Å². The Hall–Kier alpha value is -0.950. The van der Waals surface area contributed by atoms with Gasteiger partial charge < -0.3 is 15.2 Å². The molecule has 112 valence electrons. The van der Waals surface area contributed by atoms with Gasteiger partial charge in [-0.2, -0.15) is 0 Å². The summed E-state index contributed by atoms with van der Waals surface area (Å²) in [5, 5.41) is 0. The Kier molecular flexibility index (Phi) is 5.54. The molecule has 0 spiro atoms. The maximum Gasteiger partial charge on any atom is 0.180 e. The minimum atomic E-state index is -3.30. The van der Waals surface area contributed by atoms with Crippen molar-refractivity contribution in [2.24, 2.45) is 11.7 Å². The van der Waals surface area contributed by atoms with Gasteiger partial charge in [-0.1, -0.05) is 12.1 Å². The van der Waals surface area contributed by atoms with Gasteiger partial charge in [-0.25, -0.2) is 8.42 Å². The standard InChI is InChI=1S/C14H21NO4S/c15-9-12-2-1-3-14(8-12)20(16,17)7-6-19-11-13-4-5-18-10-13/h1-3,8,13H,4-7,9-11,15H2. The summed E-state index contributed by atoms with van der Waals surface area (Å²) < 4.78 is 35.0. The first-order valence-corrected chi connectivity index (χ1v) is 8.44. The van der Waals surface area contributed by atoms with Gasteiger partial charge in [0.15, 0.2) is 9.84 Å². The molecule has 0 aromatic heterocycles. The van der Waals surface area contributed by atoms with Crippen LogP contribution in [0.2, 0.25) is 0 Å². The Morgan fingerprint density at radius 2 is 2.25 bits per heavy atom. The lowest BCUT2D eigenvalue weighted by Crippen LogP contribution is -2.16. The van der Waals surface area contributed by atoms with Gasteiger partial charge >= 0.3 is 0 Å². The highest BCUT2D eigenvalue weighted by Gasteiger charge is 2.17. The molecule has 1 saturated heterocycles. The van der Waals surface area contributed by atoms with Crippen LogP contribution in [0, 0.1) is 5.92 Å². The molecule has 0 radical (unpaired) electrons. The third-order valence-electron chi connectivity index (χ3n) is 3.37. The Morgan fingerprint density at radius 3 is 2.95 bits per heavy atom. The van der Waals surface area contributed by atoms with E-state index in [4.69, 9.17) is 15.2 Å². The van der Waals surface area contributed by atoms with Crippen LogP contribution in [-0.2, 0) is 25.9 Å². The molecule has 0 saturated carbocycles. The van der Waals surface area contributed by atoms with Crippen molar-refractivity contribution in [3.05, 3.63) is 29.8 Å². The van der Waals surface area contributed by atoms with E-state index in [-0.39, 0.29) is 12.4 Å². The lowest BCUT2D eigenvalue weighted by atomic mass is 10.1. The summed E-state index contributed by atoms with van der Waals surface area (Å²) in [6.07, 6.45) is 0.991. The van der Waals surface area contributed by atoms with Crippen LogP contribution in [0.15, 0.2) is 29.2 Å². The number of ether oxygens (including phenoxy) is 2. The molecule has 2 rings (SSSR count). The zero-order chi connectivity index (χ0) is 14.4. The van der Waals surface area contributed by atoms with Gasteiger partial charge in [0.1, 0.15) is 0 Å². The van der Waals surface area contributed by atoms with Crippen molar-refractivity contribution in [2.45, 2.75) is 17.9 Å². The Balaban J connectivity index is 1.83. The monoisotopic (exact) mass is 299 g/mol. The maximum atomic E-state index is 12.2. The summed E-state index contributed by atoms with van der Waals surface area (Å²) >= 11 is 0. The molecule has 1 unspecified atom stereocenters. The SMILES string of the molecule is NCc1cccc(S(=O)(=O)CCOCC2CCOC2)c1. The predicted molar refractivity (Wildman–Crippen MR) is 76.1 cm³/mol. The number of hydrogen-bond donors (Lipinski definition) is 1. The maximum absolute atomic E-state index is 12.2. The highest BCUT2D eigenvalue weighted by molar-refractivity contribution is 7.91. The van der Waals surface area contributed by atoms with Crippen molar-refractivity contribution in [3.8, 4) is 0 Å². The molecule has 1 aliphatic heterocycles. The topological polar surface area (TPSA) is 78.6 Å². The highest BCUT2D eigenvalue weighted by Crippen LogP contribution is 2.15. The van der Waals surface area contributed by atoms with Crippen LogP contribution in [0.4, 0.5) is 0 Å². The Bertz CT molecular complexity index is 524. The first-order valence-electron chi connectivity index (χ1n) is 6.79. The lowest BCUT2D eigenvalue weighted by molar-refractivity contribution is 0.0997. The molecule has 1 aromatic carbocycles. The van der Waals surface area contributed by atoms with Crippen molar-refractivity contribution < 1.29 is 17.9 Å². The Morgan fingerprint density at radius 1 is 1.40 bits per heavy atom. The van der Waals surface area contributed by atoms with Crippen molar-refractivity contribution in [1.82, 2.24) is 0 Å². The summed E-state index contributed by atoms with van der Waals surface area (Å²) in [6, 6.07) is 6.75. The molecule has 0 aliphatic carbocycles. The first kappa shape index (κ1) is 15.4. The van der Waals surface area contributed by atoms with E-state index >= 15 is 0 Å². The summed E-state index contributed by atoms with van der Waals surface area (Å²) in [5.41, 5.74) is 6.34. The second-order valence-electron chi connectivity index (χ2n) is 4.97. The predicted octanol–water partition coefficient (Wildman–Crippen LogP) is 0.972. The van der Waals surface area contributed by atoms with Crippen molar-refractivity contribution in [1.29, 1.82) is 0 Å². The fourth-order valence-corrected chi connectivity index (χ4v) is 3.31. The second-order valence-corrected chi connectivity index (χ2v) is 7.08. The average Bonchev–Trinajstić information content (AvgIpc) is 2.97. The number of sulfone groups is 1. The van der Waals surface area contributed by atoms with Gasteiger partial charge in [-0.3, -0.25) is 0 Å². The quantitative estimate of drug-likeness (QED) is 0.759. The molecular formula is C14H21NO4S. The highest BCUT2D eigenvalue weighted by atomic mass is 32.2. The van der Waals surface area contributed by atoms with Gasteiger partial charge in [0.2, 0.25) is 0 Å². The van der Waals surface area contributed by atoms with Crippen LogP contribution < -0.4 is 5.73 Å². The third kappa shape index (κ3) is 4.28. The molecule has 20 heavy (non-hydrogen) atoms. The van der Waals surface area contributed by atoms with Crippen molar-refractivity contribution in [3.63, 3.8) is 0 Å². The zero-order valence-corrected chi connectivity index (χ0v) is 12.3. The smallest absolute Gasteiger partial charge is 0.180 e. The molecular weight excluding hydrogens is 278 g/mol. The molecule has 0 bridgehead atoms. The molecule has 2 N–H and O–H groups in total. The van der Waals surface area contributed by atoms with Gasteiger partial charge in [0.25, 0.3) is 0 Å². The third-order valence-corrected chi connectivity index (χ3v) is 5.04. The van der Waals surface area contributed by atoms with E-state index in [2.05, 4.69) is 0 Å². The van der Waals surface area contributed by atoms with Crippen molar-refractivity contribution in [2.75, 3.05) is 32.2 Å². The fraction of sp³-hybridized carbons (Fsp3) is 0.571. The summed E-state index contributed by atoms with van der Waals surface area (Å²) in [6.45, 7) is 2.61. The van der Waals surface area contributed by atoms with Crippen LogP contribution in [0.1, 0.15) is 12.0 Å². The zero-order valence-electron chi connectivity index (χ0n) is 11.5. The number of rotatable bonds is 7. The van der Waals surface area contributed by atoms with Crippen molar-refractivity contribution >= 4 is 9.84 Å².